The summed E-state index contributed by atoms with van der Waals surface area (Å²) in [4.78, 5) is 14.0. The van der Waals surface area contributed by atoms with E-state index >= 15 is 0 Å². The van der Waals surface area contributed by atoms with Crippen LogP contribution in [0.1, 0.15) is 65.5 Å². The van der Waals surface area contributed by atoms with Gasteiger partial charge >= 0.3 is 0 Å². The molecule has 1 fully saturated rings. The van der Waals surface area contributed by atoms with E-state index in [0.717, 1.165) is 65.4 Å². The first-order valence-corrected chi connectivity index (χ1v) is 12.4. The van der Waals surface area contributed by atoms with Crippen LogP contribution in [0.2, 0.25) is 0 Å². The Balaban J connectivity index is 0.000000658. The minimum atomic E-state index is -2.12. The van der Waals surface area contributed by atoms with Crippen molar-refractivity contribution < 1.29 is 13.9 Å². The zero-order valence-corrected chi connectivity index (χ0v) is 21.9. The molecule has 0 aromatic carbocycles. The molecule has 1 aliphatic carbocycles. The number of aliphatic imine (C=N–C) groups is 1. The quantitative estimate of drug-likeness (QED) is 0.357. The van der Waals surface area contributed by atoms with E-state index in [9.17, 15) is 13.9 Å². The zero-order valence-electron chi connectivity index (χ0n) is 21.9. The largest absolute Gasteiger partial charge is 0.390 e. The molecule has 1 aliphatic rings. The van der Waals surface area contributed by atoms with Crippen molar-refractivity contribution in [1.29, 1.82) is 0 Å². The molecule has 0 radical (unpaired) electrons. The van der Waals surface area contributed by atoms with Gasteiger partial charge < -0.3 is 15.7 Å². The van der Waals surface area contributed by atoms with Crippen molar-refractivity contribution in [3.8, 4) is 11.3 Å². The number of aryl methyl sites for hydroxylation is 1. The van der Waals surface area contributed by atoms with Crippen LogP contribution < -0.4 is 10.6 Å². The van der Waals surface area contributed by atoms with Crippen LogP contribution in [0.25, 0.3) is 16.8 Å². The Hall–Kier alpha value is -3.14. The molecule has 0 saturated heterocycles. The number of aromatic nitrogens is 4. The number of nitrogens with zero attached hydrogens (tertiary/aromatic N) is 5. The van der Waals surface area contributed by atoms with Gasteiger partial charge in [-0.25, -0.2) is 13.3 Å². The predicted molar refractivity (Wildman–Crippen MR) is 142 cm³/mol. The maximum atomic E-state index is 10.8. The molecule has 36 heavy (non-hydrogen) atoms. The SMILES string of the molecule is CCC(F)F.CNc1nc(NC2CCC(C)(O)CC2)nn2ccc(-c3ccc(N=C(C)C)c(C)n3)c12. The predicted octanol–water partition coefficient (Wildman–Crippen LogP) is 6.02. The Morgan fingerprint density at radius 2 is 1.89 bits per heavy atom. The van der Waals surface area contributed by atoms with Crippen LogP contribution in [0.5, 0.6) is 0 Å². The van der Waals surface area contributed by atoms with Crippen LogP contribution in [0.3, 0.4) is 0 Å². The minimum absolute atomic E-state index is 0.0278. The van der Waals surface area contributed by atoms with Gasteiger partial charge in [0.2, 0.25) is 12.4 Å². The average molecular weight is 502 g/mol. The zero-order chi connectivity index (χ0) is 26.5. The van der Waals surface area contributed by atoms with Crippen LogP contribution in [-0.2, 0) is 0 Å². The van der Waals surface area contributed by atoms with E-state index < -0.39 is 12.0 Å². The van der Waals surface area contributed by atoms with Crippen molar-refractivity contribution in [2.24, 2.45) is 4.99 Å². The van der Waals surface area contributed by atoms with Gasteiger partial charge in [-0.3, -0.25) is 9.98 Å². The van der Waals surface area contributed by atoms with Gasteiger partial charge in [0, 0.05) is 37.0 Å². The molecule has 0 aliphatic heterocycles. The van der Waals surface area contributed by atoms with E-state index in [2.05, 4.69) is 20.7 Å². The molecule has 8 nitrogen and oxygen atoms in total. The van der Waals surface area contributed by atoms with Gasteiger partial charge in [-0.1, -0.05) is 6.92 Å². The molecule has 10 heteroatoms. The first-order valence-electron chi connectivity index (χ1n) is 12.4. The summed E-state index contributed by atoms with van der Waals surface area (Å²) in [5.74, 6) is 1.32. The number of hydrogen-bond acceptors (Lipinski definition) is 7. The summed E-state index contributed by atoms with van der Waals surface area (Å²) in [5.41, 5.74) is 4.93. The fraction of sp³-hybridized carbons (Fsp3) is 0.538. The lowest BCUT2D eigenvalue weighted by atomic mass is 9.84. The van der Waals surface area contributed by atoms with Gasteiger partial charge in [-0.05, 0) is 71.6 Å². The smallest absolute Gasteiger partial charge is 0.243 e. The summed E-state index contributed by atoms with van der Waals surface area (Å²) in [7, 11) is 1.86. The second kappa shape index (κ2) is 11.7. The summed E-state index contributed by atoms with van der Waals surface area (Å²) in [6.07, 6.45) is 3.15. The van der Waals surface area contributed by atoms with Gasteiger partial charge in [0.05, 0.1) is 22.7 Å². The second-order valence-electron chi connectivity index (χ2n) is 9.63. The highest BCUT2D eigenvalue weighted by molar-refractivity contribution is 5.88. The molecule has 3 heterocycles. The molecule has 0 spiro atoms. The maximum absolute atomic E-state index is 10.8. The lowest BCUT2D eigenvalue weighted by Crippen LogP contribution is -2.36. The molecule has 3 N–H and O–H groups in total. The van der Waals surface area contributed by atoms with Gasteiger partial charge in [0.1, 0.15) is 5.52 Å². The van der Waals surface area contributed by atoms with E-state index in [0.29, 0.717) is 5.95 Å². The standard InChI is InChI=1S/C23H31N7O.C3H6F2/c1-14(2)25-18-6-7-19(26-15(18)3)17-10-13-30-20(17)21(24-5)28-22(29-30)27-16-8-11-23(4,31)12-9-16;1-2-3(4)5/h6-7,10,13,16,31H,8-9,11-12H2,1-5H3,(H2,24,27,28,29);3H,2H2,1H3. The fourth-order valence-electron chi connectivity index (χ4n) is 4.10. The fourth-order valence-corrected chi connectivity index (χ4v) is 4.10. The van der Waals surface area contributed by atoms with Gasteiger partial charge in [0.25, 0.3) is 0 Å². The maximum Gasteiger partial charge on any atom is 0.243 e. The molecule has 1 saturated carbocycles. The Kier molecular flexibility index (Phi) is 8.94. The van der Waals surface area contributed by atoms with Crippen LogP contribution in [0.15, 0.2) is 29.4 Å². The Morgan fingerprint density at radius 3 is 2.44 bits per heavy atom. The summed E-state index contributed by atoms with van der Waals surface area (Å²) < 4.78 is 23.4. The molecule has 4 rings (SSSR count). The van der Waals surface area contributed by atoms with Gasteiger partial charge in [-0.15, -0.1) is 5.10 Å². The molecule has 0 amide bonds. The third-order valence-electron chi connectivity index (χ3n) is 6.13. The van der Waals surface area contributed by atoms with Crippen molar-refractivity contribution in [3.05, 3.63) is 30.1 Å². The molecule has 3 aromatic heterocycles. The third kappa shape index (κ3) is 6.96. The summed E-state index contributed by atoms with van der Waals surface area (Å²) >= 11 is 0. The molecule has 196 valence electrons. The number of pyridine rings is 1. The summed E-state index contributed by atoms with van der Waals surface area (Å²) in [5, 5.41) is 21.5. The molecule has 0 unspecified atom stereocenters. The second-order valence-corrected chi connectivity index (χ2v) is 9.63. The number of halogens is 2. The number of anilines is 2. The van der Waals surface area contributed by atoms with Crippen molar-refractivity contribution >= 4 is 28.7 Å². The van der Waals surface area contributed by atoms with E-state index in [4.69, 9.17) is 9.97 Å². The normalized spacial score (nSPS) is 19.6. The lowest BCUT2D eigenvalue weighted by Gasteiger charge is -2.33. The number of rotatable bonds is 6. The lowest BCUT2D eigenvalue weighted by molar-refractivity contribution is 0.0195. The first kappa shape index (κ1) is 27.4. The number of fused-ring (bicyclic) bond motifs is 1. The van der Waals surface area contributed by atoms with Crippen LogP contribution in [-0.4, -0.2) is 55.5 Å². The van der Waals surface area contributed by atoms with E-state index in [-0.39, 0.29) is 12.5 Å². The minimum Gasteiger partial charge on any atom is -0.390 e. The Morgan fingerprint density at radius 1 is 1.22 bits per heavy atom. The van der Waals surface area contributed by atoms with Crippen molar-refractivity contribution in [3.63, 3.8) is 0 Å². The van der Waals surface area contributed by atoms with Gasteiger partial charge in [0.15, 0.2) is 5.82 Å². The van der Waals surface area contributed by atoms with Crippen molar-refractivity contribution in [2.45, 2.75) is 84.8 Å². The summed E-state index contributed by atoms with van der Waals surface area (Å²) in [6.45, 7) is 9.29. The molecular weight excluding hydrogens is 464 g/mol. The highest BCUT2D eigenvalue weighted by atomic mass is 19.3. The topological polar surface area (TPSA) is 99.7 Å². The van der Waals surface area contributed by atoms with Crippen molar-refractivity contribution in [1.82, 2.24) is 19.6 Å². The monoisotopic (exact) mass is 501 g/mol. The van der Waals surface area contributed by atoms with Crippen LogP contribution >= 0.6 is 0 Å². The number of alkyl halides is 2. The molecule has 0 bridgehead atoms. The molecule has 0 atom stereocenters. The van der Waals surface area contributed by atoms with E-state index in [1.165, 1.54) is 6.92 Å². The van der Waals surface area contributed by atoms with Crippen molar-refractivity contribution in [2.75, 3.05) is 17.7 Å². The molecule has 3 aromatic rings. The Labute approximate surface area is 211 Å². The highest BCUT2D eigenvalue weighted by Gasteiger charge is 2.29. The van der Waals surface area contributed by atoms with E-state index in [1.807, 2.05) is 63.7 Å². The number of hydrogen-bond donors (Lipinski definition) is 3. The average Bonchev–Trinajstić information content (AvgIpc) is 3.25. The number of aliphatic hydroxyl groups is 1. The third-order valence-corrected chi connectivity index (χ3v) is 6.13. The first-order chi connectivity index (χ1) is 17.0. The van der Waals surface area contributed by atoms with E-state index in [1.54, 1.807) is 0 Å². The summed E-state index contributed by atoms with van der Waals surface area (Å²) in [6, 6.07) is 6.27. The highest BCUT2D eigenvalue weighted by Crippen LogP contribution is 2.32. The van der Waals surface area contributed by atoms with Gasteiger partial charge in [-0.2, -0.15) is 4.98 Å². The van der Waals surface area contributed by atoms with Crippen LogP contribution in [0, 0.1) is 6.92 Å². The Bertz CT molecular complexity index is 1190. The number of nitrogens with one attached hydrogen (secondary N) is 2. The molecular formula is C26H37F2N7O. The van der Waals surface area contributed by atoms with Crippen LogP contribution in [0.4, 0.5) is 26.2 Å².